The summed E-state index contributed by atoms with van der Waals surface area (Å²) in [7, 11) is 3.19. The van der Waals surface area contributed by atoms with Gasteiger partial charge in [0.1, 0.15) is 0 Å². The molecule has 2 rings (SSSR count). The lowest BCUT2D eigenvalue weighted by Crippen LogP contribution is -2.36. The summed E-state index contributed by atoms with van der Waals surface area (Å²) in [6.45, 7) is 2.29. The van der Waals surface area contributed by atoms with Crippen LogP contribution < -0.4 is 0 Å². The number of nitrogens with zero attached hydrogens (tertiary/aromatic N) is 2. The average molecular weight is 288 g/mol. The average Bonchev–Trinajstić information content (AvgIpc) is 2.45. The van der Waals surface area contributed by atoms with Crippen LogP contribution in [0.1, 0.15) is 16.1 Å². The number of aliphatic hydroxyl groups excluding tert-OH is 1. The highest BCUT2D eigenvalue weighted by molar-refractivity contribution is 6.06. The number of hydrogen-bond donors (Lipinski definition) is 1. The smallest absolute Gasteiger partial charge is 0.254 e. The Morgan fingerprint density at radius 2 is 2.14 bits per heavy atom. The molecule has 5 heteroatoms. The highest BCUT2D eigenvalue weighted by Crippen LogP contribution is 2.19. The van der Waals surface area contributed by atoms with Crippen molar-refractivity contribution in [2.75, 3.05) is 27.3 Å². The summed E-state index contributed by atoms with van der Waals surface area (Å²) in [6.07, 6.45) is -0.696. The van der Waals surface area contributed by atoms with E-state index in [1.165, 1.54) is 12.0 Å². The number of amides is 1. The summed E-state index contributed by atoms with van der Waals surface area (Å²) in [4.78, 5) is 18.5. The highest BCUT2D eigenvalue weighted by Gasteiger charge is 2.18. The predicted molar refractivity (Wildman–Crippen MR) is 81.3 cm³/mol. The number of hydrogen-bond acceptors (Lipinski definition) is 4. The number of ether oxygens (including phenoxy) is 1. The van der Waals surface area contributed by atoms with Gasteiger partial charge in [-0.15, -0.1) is 0 Å². The predicted octanol–water partition coefficient (Wildman–Crippen LogP) is 1.62. The van der Waals surface area contributed by atoms with Crippen molar-refractivity contribution in [3.05, 3.63) is 41.6 Å². The Labute approximate surface area is 124 Å². The maximum Gasteiger partial charge on any atom is 0.254 e. The molecule has 0 spiro atoms. The van der Waals surface area contributed by atoms with Crippen LogP contribution >= 0.6 is 0 Å². The molecule has 0 aliphatic heterocycles. The topological polar surface area (TPSA) is 62.7 Å². The number of para-hydroxylation sites is 1. The summed E-state index contributed by atoms with van der Waals surface area (Å²) in [5.41, 5.74) is 2.19. The molecule has 1 heterocycles. The Kier molecular flexibility index (Phi) is 4.88. The molecule has 1 aromatic carbocycles. The van der Waals surface area contributed by atoms with Crippen LogP contribution in [0.2, 0.25) is 0 Å². The van der Waals surface area contributed by atoms with Gasteiger partial charge < -0.3 is 14.7 Å². The molecule has 0 aliphatic rings. The Morgan fingerprint density at radius 1 is 1.43 bits per heavy atom. The number of aryl methyl sites for hydroxylation is 1. The van der Waals surface area contributed by atoms with E-state index in [0.717, 1.165) is 16.6 Å². The first-order valence-corrected chi connectivity index (χ1v) is 6.81. The molecule has 0 aliphatic carbocycles. The van der Waals surface area contributed by atoms with Gasteiger partial charge in [0.05, 0.1) is 23.8 Å². The fourth-order valence-electron chi connectivity index (χ4n) is 2.33. The first-order valence-electron chi connectivity index (χ1n) is 6.81. The number of benzene rings is 1. The lowest BCUT2D eigenvalue weighted by atomic mass is 10.1. The standard InChI is InChI=1S/C16H20N2O3/c1-11-8-14(13-6-4-5-7-15(13)17-11)16(20)18(2)9-12(19)10-21-3/h4-8,12,19H,9-10H2,1-3H3. The Balaban J connectivity index is 2.30. The molecule has 2 aromatic rings. The van der Waals surface area contributed by atoms with Crippen molar-refractivity contribution in [1.82, 2.24) is 9.88 Å². The number of aromatic nitrogens is 1. The van der Waals surface area contributed by atoms with Crippen LogP contribution in [-0.4, -0.2) is 54.3 Å². The summed E-state index contributed by atoms with van der Waals surface area (Å²) in [6, 6.07) is 9.34. The second kappa shape index (κ2) is 6.65. The first-order chi connectivity index (χ1) is 10.0. The zero-order chi connectivity index (χ0) is 15.4. The molecular formula is C16H20N2O3. The van der Waals surface area contributed by atoms with Crippen LogP contribution in [0.4, 0.5) is 0 Å². The molecule has 0 saturated carbocycles. The zero-order valence-corrected chi connectivity index (χ0v) is 12.5. The van der Waals surface area contributed by atoms with E-state index in [-0.39, 0.29) is 19.1 Å². The Bertz CT molecular complexity index is 642. The van der Waals surface area contributed by atoms with Crippen molar-refractivity contribution < 1.29 is 14.6 Å². The Morgan fingerprint density at radius 3 is 2.86 bits per heavy atom. The molecular weight excluding hydrogens is 268 g/mol. The maximum atomic E-state index is 12.6. The number of carbonyl (C=O) groups excluding carboxylic acids is 1. The van der Waals surface area contributed by atoms with Gasteiger partial charge in [-0.05, 0) is 19.1 Å². The van der Waals surface area contributed by atoms with Gasteiger partial charge in [0.15, 0.2) is 0 Å². The van der Waals surface area contributed by atoms with Gasteiger partial charge in [0.25, 0.3) is 5.91 Å². The van der Waals surface area contributed by atoms with Gasteiger partial charge in [0, 0.05) is 31.8 Å². The summed E-state index contributed by atoms with van der Waals surface area (Å²) in [5.74, 6) is -0.133. The summed E-state index contributed by atoms with van der Waals surface area (Å²) >= 11 is 0. The van der Waals surface area contributed by atoms with E-state index < -0.39 is 6.10 Å². The molecule has 0 saturated heterocycles. The van der Waals surface area contributed by atoms with Crippen molar-refractivity contribution >= 4 is 16.8 Å². The molecule has 112 valence electrons. The van der Waals surface area contributed by atoms with Crippen molar-refractivity contribution in [3.63, 3.8) is 0 Å². The number of likely N-dealkylation sites (N-methyl/N-ethyl adjacent to an activating group) is 1. The third-order valence-electron chi connectivity index (χ3n) is 3.27. The number of methoxy groups -OCH3 is 1. The number of fused-ring (bicyclic) bond motifs is 1. The monoisotopic (exact) mass is 288 g/mol. The van der Waals surface area contributed by atoms with Gasteiger partial charge in [-0.3, -0.25) is 9.78 Å². The van der Waals surface area contributed by atoms with Gasteiger partial charge >= 0.3 is 0 Å². The third-order valence-corrected chi connectivity index (χ3v) is 3.27. The lowest BCUT2D eigenvalue weighted by molar-refractivity contribution is 0.0381. The van der Waals surface area contributed by atoms with E-state index in [9.17, 15) is 9.90 Å². The second-order valence-electron chi connectivity index (χ2n) is 5.12. The first kappa shape index (κ1) is 15.4. The van der Waals surface area contributed by atoms with E-state index in [2.05, 4.69) is 4.98 Å². The van der Waals surface area contributed by atoms with Gasteiger partial charge in [-0.25, -0.2) is 0 Å². The molecule has 1 N–H and O–H groups in total. The van der Waals surface area contributed by atoms with Crippen molar-refractivity contribution in [2.45, 2.75) is 13.0 Å². The molecule has 1 aromatic heterocycles. The van der Waals surface area contributed by atoms with Crippen LogP contribution in [0.25, 0.3) is 10.9 Å². The van der Waals surface area contributed by atoms with Crippen molar-refractivity contribution in [2.24, 2.45) is 0 Å². The molecule has 0 fully saturated rings. The van der Waals surface area contributed by atoms with E-state index in [0.29, 0.717) is 5.56 Å². The van der Waals surface area contributed by atoms with E-state index >= 15 is 0 Å². The van der Waals surface area contributed by atoms with Crippen LogP contribution in [0.15, 0.2) is 30.3 Å². The highest BCUT2D eigenvalue weighted by atomic mass is 16.5. The third kappa shape index (κ3) is 3.56. The minimum absolute atomic E-state index is 0.133. The van der Waals surface area contributed by atoms with Crippen LogP contribution in [0, 0.1) is 6.92 Å². The van der Waals surface area contributed by atoms with Crippen molar-refractivity contribution in [1.29, 1.82) is 0 Å². The fourth-order valence-corrected chi connectivity index (χ4v) is 2.33. The quantitative estimate of drug-likeness (QED) is 0.908. The van der Waals surface area contributed by atoms with E-state index in [1.807, 2.05) is 31.2 Å². The van der Waals surface area contributed by atoms with E-state index in [1.54, 1.807) is 13.1 Å². The molecule has 5 nitrogen and oxygen atoms in total. The summed E-state index contributed by atoms with van der Waals surface area (Å²) < 4.78 is 4.88. The summed E-state index contributed by atoms with van der Waals surface area (Å²) in [5, 5.41) is 10.6. The molecule has 0 bridgehead atoms. The second-order valence-corrected chi connectivity index (χ2v) is 5.12. The van der Waals surface area contributed by atoms with Gasteiger partial charge in [0.2, 0.25) is 0 Å². The van der Waals surface area contributed by atoms with Gasteiger partial charge in [-0.2, -0.15) is 0 Å². The SMILES string of the molecule is COCC(O)CN(C)C(=O)c1cc(C)nc2ccccc12. The van der Waals surface area contributed by atoms with Gasteiger partial charge in [-0.1, -0.05) is 18.2 Å². The number of aliphatic hydroxyl groups is 1. The number of carbonyl (C=O) groups is 1. The van der Waals surface area contributed by atoms with Crippen LogP contribution in [-0.2, 0) is 4.74 Å². The molecule has 1 amide bonds. The fraction of sp³-hybridized carbons (Fsp3) is 0.375. The largest absolute Gasteiger partial charge is 0.389 e. The molecule has 21 heavy (non-hydrogen) atoms. The maximum absolute atomic E-state index is 12.6. The number of rotatable bonds is 5. The zero-order valence-electron chi connectivity index (χ0n) is 12.5. The molecule has 1 atom stereocenters. The minimum atomic E-state index is -0.696. The Hall–Kier alpha value is -1.98. The number of pyridine rings is 1. The molecule has 1 unspecified atom stereocenters. The normalized spacial score (nSPS) is 12.4. The lowest BCUT2D eigenvalue weighted by Gasteiger charge is -2.21. The van der Waals surface area contributed by atoms with Crippen LogP contribution in [0.5, 0.6) is 0 Å². The molecule has 0 radical (unpaired) electrons. The van der Waals surface area contributed by atoms with Crippen LogP contribution in [0.3, 0.4) is 0 Å². The van der Waals surface area contributed by atoms with E-state index in [4.69, 9.17) is 4.74 Å². The minimum Gasteiger partial charge on any atom is -0.389 e. The van der Waals surface area contributed by atoms with Crippen molar-refractivity contribution in [3.8, 4) is 0 Å².